The molecule has 0 saturated heterocycles. The van der Waals surface area contributed by atoms with Crippen LogP contribution < -0.4 is 9.97 Å². The summed E-state index contributed by atoms with van der Waals surface area (Å²) in [6, 6.07) is 28.9. The van der Waals surface area contributed by atoms with E-state index < -0.39 is 0 Å². The summed E-state index contributed by atoms with van der Waals surface area (Å²) in [5.74, 6) is -0.957. The van der Waals surface area contributed by atoms with E-state index in [0.29, 0.717) is 42.5 Å². The molecule has 62 heavy (non-hydrogen) atoms. The zero-order valence-electron chi connectivity index (χ0n) is 36.6. The number of rotatable bonds is 12. The molecule has 10 heteroatoms. The van der Waals surface area contributed by atoms with Crippen LogP contribution in [0.4, 0.5) is 0 Å². The first-order valence-corrected chi connectivity index (χ1v) is 20.9. The Labute approximate surface area is 374 Å². The fourth-order valence-corrected chi connectivity index (χ4v) is 8.72. The quantitative estimate of drug-likeness (QED) is 0.0683. The summed E-state index contributed by atoms with van der Waals surface area (Å²) in [6.45, 7) is 12.5. The van der Waals surface area contributed by atoms with Gasteiger partial charge in [0.15, 0.2) is 0 Å². The Morgan fingerprint density at radius 1 is 0.694 bits per heavy atom. The summed E-state index contributed by atoms with van der Waals surface area (Å²) in [4.78, 5) is 46.2. The molecule has 0 radical (unpaired) electrons. The molecule has 2 aliphatic rings. The minimum absolute atomic E-state index is 0. The molecule has 2 aromatic carbocycles. The number of hydrogen-bond acceptors (Lipinski definition) is 7. The topological polar surface area (TPSA) is 130 Å². The maximum Gasteiger partial charge on any atom is 2.00 e. The SMILES string of the molecule is CCC1=C(C)c2nc1cc1[n-]c(cc3nc(cc4[n-]c(c2/C=C(\C#N)C(c2ccccc2)c2ccccc2)c(CC)c4C)C(C)=C3CCC(=O)OC)c(CCC(=O)OC)c1C.[Ni+2]. The van der Waals surface area contributed by atoms with Crippen LogP contribution in [0.25, 0.3) is 50.4 Å². The Morgan fingerprint density at radius 2 is 1.24 bits per heavy atom. The second-order valence-electron chi connectivity index (χ2n) is 15.5. The maximum atomic E-state index is 12.5. The van der Waals surface area contributed by atoms with E-state index in [1.807, 2.05) is 74.5 Å². The third-order valence-corrected chi connectivity index (χ3v) is 12.1. The van der Waals surface area contributed by atoms with Crippen LogP contribution in [0.3, 0.4) is 0 Å². The molecule has 0 atom stereocenters. The van der Waals surface area contributed by atoms with Gasteiger partial charge in [-0.3, -0.25) is 9.59 Å². The van der Waals surface area contributed by atoms with Crippen LogP contribution in [0.15, 0.2) is 84.4 Å². The Morgan fingerprint density at radius 3 is 1.82 bits per heavy atom. The number of allylic oxidation sites excluding steroid dienone is 5. The van der Waals surface area contributed by atoms with Gasteiger partial charge in [-0.1, -0.05) is 115 Å². The van der Waals surface area contributed by atoms with Crippen LogP contribution in [0, 0.1) is 25.2 Å². The number of nitrogens with zero attached hydrogens (tertiary/aromatic N) is 5. The van der Waals surface area contributed by atoms with E-state index >= 15 is 0 Å². The standard InChI is InChI=1S/C52H51N5O4.Ni/c1-9-37-33(6)51-41(25-36(29-53)50(34-17-13-11-14-18-34)35-19-15-12-16-20-35)52-38(10-2)30(3)44(56-52)26-42-31(4)39(21-23-48(58)60-7)46(54-42)28-47-40(22-24-49(59)61-8)32(5)43(55-47)27-45(37)57-51;/h11-20,25-28,50H,9-10,21-24H2,1-8H3;/q-2;+2/b36-25+,42-26?,43-27?,44-26?,45-27?,46-28?,47-28?,51-41?,52-41?;. The summed E-state index contributed by atoms with van der Waals surface area (Å²) in [5, 5.41) is 11.1. The number of hydrogen-bond donors (Lipinski definition) is 0. The predicted molar refractivity (Wildman–Crippen MR) is 243 cm³/mol. The molecule has 2 aliphatic heterocycles. The van der Waals surface area contributed by atoms with Gasteiger partial charge in [0, 0.05) is 24.3 Å². The second-order valence-corrected chi connectivity index (χ2v) is 15.5. The summed E-state index contributed by atoms with van der Waals surface area (Å²) in [5.41, 5.74) is 17.2. The fourth-order valence-electron chi connectivity index (χ4n) is 8.72. The Balaban J connectivity index is 0.00000641. The molecule has 0 N–H and O–H groups in total. The van der Waals surface area contributed by atoms with Crippen molar-refractivity contribution in [2.75, 3.05) is 14.2 Å². The van der Waals surface area contributed by atoms with Gasteiger partial charge >= 0.3 is 28.4 Å². The van der Waals surface area contributed by atoms with E-state index in [1.165, 1.54) is 14.2 Å². The van der Waals surface area contributed by atoms with Crippen molar-refractivity contribution in [3.63, 3.8) is 0 Å². The number of carbonyl (C=O) groups excluding carboxylic acids is 2. The average molecular weight is 869 g/mol. The molecule has 5 aromatic rings. The van der Waals surface area contributed by atoms with Crippen molar-refractivity contribution < 1.29 is 35.6 Å². The predicted octanol–water partition coefficient (Wildman–Crippen LogP) is 10.8. The van der Waals surface area contributed by atoms with Crippen molar-refractivity contribution in [1.29, 1.82) is 5.26 Å². The molecule has 8 bridgehead atoms. The number of benzene rings is 2. The Bertz CT molecular complexity index is 2800. The number of methoxy groups -OCH3 is 2. The first-order valence-electron chi connectivity index (χ1n) is 20.9. The molecule has 3 aromatic heterocycles. The molecule has 0 fully saturated rings. The Kier molecular flexibility index (Phi) is 14.3. The van der Waals surface area contributed by atoms with Crippen LogP contribution in [0.2, 0.25) is 0 Å². The minimum atomic E-state index is -0.341. The van der Waals surface area contributed by atoms with E-state index in [4.69, 9.17) is 29.4 Å². The van der Waals surface area contributed by atoms with Gasteiger partial charge in [0.25, 0.3) is 0 Å². The Hall–Kier alpha value is -6.30. The molecular formula is C52H51N5NiO4. The molecule has 0 aliphatic carbocycles. The molecule has 7 rings (SSSR count). The number of aryl methyl sites for hydroxylation is 4. The van der Waals surface area contributed by atoms with Crippen LogP contribution in [0.1, 0.15) is 121 Å². The summed E-state index contributed by atoms with van der Waals surface area (Å²) in [7, 11) is 2.79. The molecule has 318 valence electrons. The first-order chi connectivity index (χ1) is 29.5. The molecule has 0 saturated carbocycles. The van der Waals surface area contributed by atoms with Gasteiger partial charge in [-0.2, -0.15) is 5.26 Å². The summed E-state index contributed by atoms with van der Waals surface area (Å²) >= 11 is 0. The number of aromatic nitrogens is 4. The maximum absolute atomic E-state index is 12.5. The van der Waals surface area contributed by atoms with E-state index in [0.717, 1.165) is 94.9 Å². The van der Waals surface area contributed by atoms with Gasteiger partial charge in [0.1, 0.15) is 0 Å². The van der Waals surface area contributed by atoms with E-state index in [2.05, 4.69) is 58.0 Å². The normalized spacial score (nSPS) is 12.7. The number of fused-ring (bicyclic) bond motifs is 8. The third kappa shape index (κ3) is 8.87. The van der Waals surface area contributed by atoms with E-state index in [1.54, 1.807) is 0 Å². The zero-order chi connectivity index (χ0) is 43.4. The summed E-state index contributed by atoms with van der Waals surface area (Å²) < 4.78 is 10.1. The van der Waals surface area contributed by atoms with E-state index in [9.17, 15) is 14.9 Å². The van der Waals surface area contributed by atoms with Crippen molar-refractivity contribution in [2.45, 2.75) is 86.0 Å². The fraction of sp³-hybridized carbons (Fsp3) is 0.288. The second kappa shape index (κ2) is 19.6. The van der Waals surface area contributed by atoms with Crippen LogP contribution in [0.5, 0.6) is 0 Å². The average Bonchev–Trinajstić information content (AvgIpc) is 3.96. The monoisotopic (exact) mass is 867 g/mol. The van der Waals surface area contributed by atoms with Gasteiger partial charge in [0.2, 0.25) is 0 Å². The van der Waals surface area contributed by atoms with Crippen molar-refractivity contribution in [3.05, 3.63) is 146 Å². The van der Waals surface area contributed by atoms with Crippen molar-refractivity contribution in [2.24, 2.45) is 0 Å². The largest absolute Gasteiger partial charge is 2.00 e. The molecule has 0 unspecified atom stereocenters. The smallest absolute Gasteiger partial charge is 0.657 e. The third-order valence-electron chi connectivity index (χ3n) is 12.1. The molecule has 9 nitrogen and oxygen atoms in total. The van der Waals surface area contributed by atoms with Crippen molar-refractivity contribution in [3.8, 4) is 6.07 Å². The molecule has 0 amide bonds. The molecule has 0 spiro atoms. The van der Waals surface area contributed by atoms with Gasteiger partial charge in [-0.15, -0.1) is 22.1 Å². The number of carbonyl (C=O) groups is 2. The van der Waals surface area contributed by atoms with Gasteiger partial charge in [-0.25, -0.2) is 9.97 Å². The van der Waals surface area contributed by atoms with Crippen molar-refractivity contribution >= 4 is 62.4 Å². The van der Waals surface area contributed by atoms with Gasteiger partial charge in [-0.05, 0) is 98.4 Å². The molecular weight excluding hydrogens is 817 g/mol. The minimum Gasteiger partial charge on any atom is -0.657 e. The van der Waals surface area contributed by atoms with Crippen LogP contribution >= 0.6 is 0 Å². The van der Waals surface area contributed by atoms with Gasteiger partial charge in [0.05, 0.1) is 43.1 Å². The van der Waals surface area contributed by atoms with Crippen LogP contribution in [-0.2, 0) is 48.4 Å². The first kappa shape index (κ1) is 45.2. The van der Waals surface area contributed by atoms with Crippen molar-refractivity contribution in [1.82, 2.24) is 19.9 Å². The van der Waals surface area contributed by atoms with Crippen LogP contribution in [-0.4, -0.2) is 36.1 Å². The van der Waals surface area contributed by atoms with Gasteiger partial charge < -0.3 is 19.4 Å². The number of ether oxygens (including phenoxy) is 2. The summed E-state index contributed by atoms with van der Waals surface area (Å²) in [6.07, 6.45) is 4.64. The number of esters is 2. The molecule has 5 heterocycles. The number of nitriles is 1. The zero-order valence-corrected chi connectivity index (χ0v) is 37.6. The van der Waals surface area contributed by atoms with E-state index in [-0.39, 0.29) is 47.2 Å².